The van der Waals surface area contributed by atoms with Gasteiger partial charge in [0.15, 0.2) is 0 Å². The fourth-order valence-electron chi connectivity index (χ4n) is 6.06. The molecule has 10 heteroatoms. The predicted octanol–water partition coefficient (Wildman–Crippen LogP) is 2.47. The van der Waals surface area contributed by atoms with Crippen molar-refractivity contribution in [3.05, 3.63) is 64.7 Å². The smallest absolute Gasteiger partial charge is 0.259 e. The summed E-state index contributed by atoms with van der Waals surface area (Å²) in [6, 6.07) is 8.51. The molecule has 8 nitrogen and oxygen atoms in total. The number of nitrogens with zero attached hydrogens (tertiary/aromatic N) is 3. The van der Waals surface area contributed by atoms with Gasteiger partial charge >= 0.3 is 0 Å². The number of nitrogens with one attached hydrogen (secondary N) is 1. The molecule has 1 spiro atoms. The van der Waals surface area contributed by atoms with Gasteiger partial charge in [-0.25, -0.2) is 8.78 Å². The normalized spacial score (nSPS) is 22.7. The van der Waals surface area contributed by atoms with E-state index >= 15 is 0 Å². The van der Waals surface area contributed by atoms with Gasteiger partial charge in [0, 0.05) is 55.8 Å². The van der Waals surface area contributed by atoms with Crippen molar-refractivity contribution in [2.45, 2.75) is 38.3 Å². The first-order chi connectivity index (χ1) is 17.7. The molecule has 4 amide bonds. The number of amides is 4. The van der Waals surface area contributed by atoms with Crippen LogP contribution in [0.15, 0.2) is 36.4 Å². The Balaban J connectivity index is 1.08. The Morgan fingerprint density at radius 1 is 1.00 bits per heavy atom. The molecule has 0 aliphatic carbocycles. The van der Waals surface area contributed by atoms with Crippen LogP contribution in [0, 0.1) is 17.0 Å². The molecule has 1 atom stereocenters. The molecule has 4 aliphatic heterocycles. The number of hydrogen-bond acceptors (Lipinski definition) is 5. The van der Waals surface area contributed by atoms with Crippen LogP contribution in [0.2, 0.25) is 0 Å². The van der Waals surface area contributed by atoms with Gasteiger partial charge in [-0.05, 0) is 55.2 Å². The molecule has 2 aromatic carbocycles. The summed E-state index contributed by atoms with van der Waals surface area (Å²) in [5.41, 5.74) is 1.98. The Morgan fingerprint density at radius 3 is 2.38 bits per heavy atom. The highest BCUT2D eigenvalue weighted by Crippen LogP contribution is 2.43. The van der Waals surface area contributed by atoms with Gasteiger partial charge in [-0.15, -0.1) is 0 Å². The maximum absolute atomic E-state index is 14.1. The molecule has 37 heavy (non-hydrogen) atoms. The second-order valence-electron chi connectivity index (χ2n) is 10.5. The van der Waals surface area contributed by atoms with Crippen LogP contribution in [-0.2, 0) is 16.1 Å². The lowest BCUT2D eigenvalue weighted by atomic mass is 9.71. The van der Waals surface area contributed by atoms with Crippen molar-refractivity contribution >= 4 is 29.3 Å². The van der Waals surface area contributed by atoms with Crippen LogP contribution < -0.4 is 10.2 Å². The molecule has 0 bridgehead atoms. The van der Waals surface area contributed by atoms with Gasteiger partial charge in [-0.1, -0.05) is 6.07 Å². The highest BCUT2D eigenvalue weighted by molar-refractivity contribution is 6.05. The average molecular weight is 509 g/mol. The molecule has 0 aromatic heterocycles. The van der Waals surface area contributed by atoms with Crippen molar-refractivity contribution in [2.24, 2.45) is 5.41 Å². The van der Waals surface area contributed by atoms with Crippen LogP contribution in [0.3, 0.4) is 0 Å². The second kappa shape index (κ2) is 8.64. The van der Waals surface area contributed by atoms with Gasteiger partial charge in [-0.2, -0.15) is 0 Å². The number of anilines is 1. The lowest BCUT2D eigenvalue weighted by molar-refractivity contribution is -0.136. The zero-order chi connectivity index (χ0) is 25.9. The number of imide groups is 1. The molecule has 3 fully saturated rings. The van der Waals surface area contributed by atoms with E-state index in [1.807, 2.05) is 12.1 Å². The summed E-state index contributed by atoms with van der Waals surface area (Å²) in [6.07, 6.45) is 2.04. The summed E-state index contributed by atoms with van der Waals surface area (Å²) in [6.45, 7) is 2.82. The van der Waals surface area contributed by atoms with Gasteiger partial charge < -0.3 is 14.7 Å². The van der Waals surface area contributed by atoms with E-state index in [4.69, 9.17) is 0 Å². The Labute approximate surface area is 212 Å². The van der Waals surface area contributed by atoms with Crippen molar-refractivity contribution in [2.75, 3.05) is 31.1 Å². The summed E-state index contributed by atoms with van der Waals surface area (Å²) in [5, 5.41) is 2.32. The van der Waals surface area contributed by atoms with Crippen molar-refractivity contribution in [3.8, 4) is 0 Å². The summed E-state index contributed by atoms with van der Waals surface area (Å²) < 4.78 is 28.1. The zero-order valence-corrected chi connectivity index (χ0v) is 20.1. The molecule has 192 valence electrons. The third-order valence-electron chi connectivity index (χ3n) is 8.21. The molecule has 2 aromatic rings. The van der Waals surface area contributed by atoms with Crippen molar-refractivity contribution in [1.82, 2.24) is 15.1 Å². The first kappa shape index (κ1) is 23.6. The molecule has 4 aliphatic rings. The van der Waals surface area contributed by atoms with Crippen LogP contribution in [0.1, 0.15) is 52.0 Å². The van der Waals surface area contributed by atoms with Crippen molar-refractivity contribution in [3.63, 3.8) is 0 Å². The van der Waals surface area contributed by atoms with E-state index in [-0.39, 0.29) is 23.7 Å². The summed E-state index contributed by atoms with van der Waals surface area (Å²) >= 11 is 0. The number of piperidine rings is 2. The molecule has 1 N–H and O–H groups in total. The number of likely N-dealkylation sites (tertiary alicyclic amines) is 1. The Morgan fingerprint density at radius 2 is 1.70 bits per heavy atom. The summed E-state index contributed by atoms with van der Waals surface area (Å²) in [4.78, 5) is 54.7. The molecular formula is C27H26F2N4O4. The minimum absolute atomic E-state index is 0.0398. The highest BCUT2D eigenvalue weighted by atomic mass is 19.1. The second-order valence-corrected chi connectivity index (χ2v) is 10.5. The van der Waals surface area contributed by atoms with Crippen LogP contribution in [0.5, 0.6) is 0 Å². The fourth-order valence-corrected chi connectivity index (χ4v) is 6.06. The van der Waals surface area contributed by atoms with E-state index in [1.165, 1.54) is 11.0 Å². The molecule has 6 rings (SSSR count). The fraction of sp³-hybridized carbons (Fsp3) is 0.407. The topological polar surface area (TPSA) is 90.0 Å². The monoisotopic (exact) mass is 508 g/mol. The van der Waals surface area contributed by atoms with E-state index in [9.17, 15) is 28.0 Å². The number of rotatable bonds is 3. The molecule has 0 saturated carbocycles. The van der Waals surface area contributed by atoms with Crippen molar-refractivity contribution < 1.29 is 28.0 Å². The van der Waals surface area contributed by atoms with E-state index in [0.717, 1.165) is 49.3 Å². The van der Waals surface area contributed by atoms with E-state index in [0.29, 0.717) is 31.6 Å². The maximum Gasteiger partial charge on any atom is 0.259 e. The Bertz CT molecular complexity index is 1310. The van der Waals surface area contributed by atoms with Crippen LogP contribution in [0.25, 0.3) is 0 Å². The van der Waals surface area contributed by atoms with Gasteiger partial charge in [0.1, 0.15) is 23.2 Å². The SMILES string of the molecule is O=C1CCC(N2Cc3cc(N4CC5(CCN(C(=O)c6c(F)cccc6F)CC5)C4)ccc3C2=O)C(=O)N1. The summed E-state index contributed by atoms with van der Waals surface area (Å²) in [7, 11) is 0. The lowest BCUT2D eigenvalue weighted by Crippen LogP contribution is -2.61. The quantitative estimate of drug-likeness (QED) is 0.644. The molecular weight excluding hydrogens is 482 g/mol. The highest BCUT2D eigenvalue weighted by Gasteiger charge is 2.46. The number of carbonyl (C=O) groups is 4. The van der Waals surface area contributed by atoms with Crippen LogP contribution in [0.4, 0.5) is 14.5 Å². The van der Waals surface area contributed by atoms with Gasteiger partial charge in [0.05, 0.1) is 0 Å². The van der Waals surface area contributed by atoms with E-state index in [2.05, 4.69) is 10.2 Å². The summed E-state index contributed by atoms with van der Waals surface area (Å²) in [5.74, 6) is -3.22. The number of fused-ring (bicyclic) bond motifs is 1. The minimum Gasteiger partial charge on any atom is -0.370 e. The standard InChI is InChI=1S/C27H26F2N4O4/c28-19-2-1-3-20(29)23(19)26(37)31-10-8-27(9-11-31)14-32(15-27)17-4-5-18-16(12-17)13-33(25(18)36)21-6-7-22(34)30-24(21)35/h1-5,12,21H,6-11,13-15H2,(H,30,34,35). The van der Waals surface area contributed by atoms with Crippen molar-refractivity contribution in [1.29, 1.82) is 0 Å². The van der Waals surface area contributed by atoms with E-state index < -0.39 is 35.1 Å². The van der Waals surface area contributed by atoms with E-state index in [1.54, 1.807) is 11.0 Å². The largest absolute Gasteiger partial charge is 0.370 e. The predicted molar refractivity (Wildman–Crippen MR) is 129 cm³/mol. The zero-order valence-electron chi connectivity index (χ0n) is 20.1. The molecule has 1 unspecified atom stereocenters. The van der Waals surface area contributed by atoms with Gasteiger partial charge in [0.2, 0.25) is 11.8 Å². The third kappa shape index (κ3) is 3.95. The van der Waals surface area contributed by atoms with Crippen LogP contribution in [-0.4, -0.2) is 65.6 Å². The van der Waals surface area contributed by atoms with Gasteiger partial charge in [-0.3, -0.25) is 24.5 Å². The minimum atomic E-state index is -0.841. The Hall–Kier alpha value is -3.82. The van der Waals surface area contributed by atoms with Gasteiger partial charge in [0.25, 0.3) is 11.8 Å². The number of benzene rings is 2. The first-order valence-electron chi connectivity index (χ1n) is 12.5. The number of hydrogen-bond donors (Lipinski definition) is 1. The third-order valence-corrected chi connectivity index (χ3v) is 8.21. The average Bonchev–Trinajstić information content (AvgIpc) is 3.18. The lowest BCUT2D eigenvalue weighted by Gasteiger charge is -2.55. The molecule has 4 heterocycles. The maximum atomic E-state index is 14.1. The first-order valence-corrected chi connectivity index (χ1v) is 12.5. The van der Waals surface area contributed by atoms with Crippen LogP contribution >= 0.6 is 0 Å². The molecule has 3 saturated heterocycles. The Kier molecular flexibility index (Phi) is 5.50. The number of carbonyl (C=O) groups excluding carboxylic acids is 4. The number of halogens is 2. The molecule has 0 radical (unpaired) electrons.